The Hall–Kier alpha value is -2.20. The van der Waals surface area contributed by atoms with Crippen molar-refractivity contribution in [1.82, 2.24) is 5.32 Å². The Morgan fingerprint density at radius 2 is 2.05 bits per heavy atom. The lowest BCUT2D eigenvalue weighted by atomic mass is 10.1. The Labute approximate surface area is 123 Å². The van der Waals surface area contributed by atoms with Crippen LogP contribution in [-0.2, 0) is 13.0 Å². The zero-order valence-corrected chi connectivity index (χ0v) is 11.9. The second-order valence-corrected chi connectivity index (χ2v) is 5.00. The summed E-state index contributed by atoms with van der Waals surface area (Å²) < 4.78 is 13.0. The highest BCUT2D eigenvalue weighted by molar-refractivity contribution is 5.87. The number of rotatable bonds is 6. The fraction of sp³-hybridized carbons (Fsp3) is 0.235. The molecule has 4 heteroatoms. The number of hydrogen-bond acceptors (Lipinski definition) is 2. The van der Waals surface area contributed by atoms with Crippen molar-refractivity contribution in [1.29, 1.82) is 0 Å². The van der Waals surface area contributed by atoms with Crippen LogP contribution in [0.15, 0.2) is 42.5 Å². The van der Waals surface area contributed by atoms with Gasteiger partial charge in [0.15, 0.2) is 0 Å². The van der Waals surface area contributed by atoms with Crippen molar-refractivity contribution in [3.63, 3.8) is 0 Å². The zero-order valence-electron chi connectivity index (χ0n) is 11.9. The van der Waals surface area contributed by atoms with Crippen molar-refractivity contribution in [2.45, 2.75) is 19.9 Å². The van der Waals surface area contributed by atoms with Gasteiger partial charge in [-0.2, -0.15) is 0 Å². The molecule has 0 unspecified atom stereocenters. The van der Waals surface area contributed by atoms with Gasteiger partial charge in [-0.05, 0) is 60.8 Å². The van der Waals surface area contributed by atoms with E-state index in [1.165, 1.54) is 12.1 Å². The van der Waals surface area contributed by atoms with Crippen LogP contribution in [0.2, 0.25) is 0 Å². The van der Waals surface area contributed by atoms with Crippen molar-refractivity contribution < 1.29 is 14.3 Å². The Morgan fingerprint density at radius 3 is 2.76 bits per heavy atom. The van der Waals surface area contributed by atoms with E-state index in [4.69, 9.17) is 5.11 Å². The molecule has 0 aliphatic carbocycles. The summed E-state index contributed by atoms with van der Waals surface area (Å²) in [6, 6.07) is 11.7. The molecule has 0 amide bonds. The minimum Gasteiger partial charge on any atom is -0.478 e. The third-order valence-corrected chi connectivity index (χ3v) is 3.38. The lowest BCUT2D eigenvalue weighted by molar-refractivity contribution is 0.0696. The molecule has 0 heterocycles. The molecule has 0 aliphatic heterocycles. The lowest BCUT2D eigenvalue weighted by Crippen LogP contribution is -2.17. The number of halogens is 1. The Bertz CT molecular complexity index is 640. The number of carboxylic acids is 1. The van der Waals surface area contributed by atoms with Crippen LogP contribution >= 0.6 is 0 Å². The van der Waals surface area contributed by atoms with E-state index in [9.17, 15) is 9.18 Å². The van der Waals surface area contributed by atoms with Crippen molar-refractivity contribution in [3.8, 4) is 0 Å². The largest absolute Gasteiger partial charge is 0.478 e. The van der Waals surface area contributed by atoms with Crippen LogP contribution in [0.5, 0.6) is 0 Å². The average Bonchev–Trinajstić information content (AvgIpc) is 2.45. The van der Waals surface area contributed by atoms with E-state index in [1.807, 2.05) is 13.0 Å². The van der Waals surface area contributed by atoms with Crippen LogP contribution < -0.4 is 5.32 Å². The molecule has 2 aromatic rings. The summed E-state index contributed by atoms with van der Waals surface area (Å²) in [5, 5.41) is 12.2. The van der Waals surface area contributed by atoms with Crippen LogP contribution in [0.3, 0.4) is 0 Å². The summed E-state index contributed by atoms with van der Waals surface area (Å²) in [5.41, 5.74) is 3.29. The van der Waals surface area contributed by atoms with Gasteiger partial charge < -0.3 is 10.4 Å². The molecule has 2 aromatic carbocycles. The molecule has 0 saturated carbocycles. The fourth-order valence-corrected chi connectivity index (χ4v) is 2.21. The molecular formula is C17H18FNO2. The maximum absolute atomic E-state index is 13.0. The standard InChI is InChI=1S/C17H18FNO2/c1-12-9-16(18)6-5-14(12)7-8-19-11-13-3-2-4-15(10-13)17(20)21/h2-6,9-10,19H,7-8,11H2,1H3,(H,20,21). The molecule has 110 valence electrons. The van der Waals surface area contributed by atoms with E-state index >= 15 is 0 Å². The van der Waals surface area contributed by atoms with E-state index in [0.717, 1.165) is 29.7 Å². The molecule has 0 aliphatic rings. The van der Waals surface area contributed by atoms with Gasteiger partial charge in [0.05, 0.1) is 5.56 Å². The van der Waals surface area contributed by atoms with E-state index in [1.54, 1.807) is 24.3 Å². The van der Waals surface area contributed by atoms with Crippen molar-refractivity contribution in [3.05, 3.63) is 70.5 Å². The third-order valence-electron chi connectivity index (χ3n) is 3.38. The monoisotopic (exact) mass is 287 g/mol. The number of nitrogens with one attached hydrogen (secondary N) is 1. The number of hydrogen-bond donors (Lipinski definition) is 2. The van der Waals surface area contributed by atoms with Crippen LogP contribution in [0.4, 0.5) is 4.39 Å². The van der Waals surface area contributed by atoms with Crippen LogP contribution in [0.25, 0.3) is 0 Å². The van der Waals surface area contributed by atoms with E-state index < -0.39 is 5.97 Å². The highest BCUT2D eigenvalue weighted by Gasteiger charge is 2.03. The molecule has 3 nitrogen and oxygen atoms in total. The summed E-state index contributed by atoms with van der Waals surface area (Å²) in [4.78, 5) is 10.9. The highest BCUT2D eigenvalue weighted by Crippen LogP contribution is 2.10. The molecular weight excluding hydrogens is 269 g/mol. The predicted octanol–water partition coefficient (Wildman–Crippen LogP) is 3.16. The fourth-order valence-electron chi connectivity index (χ4n) is 2.21. The maximum atomic E-state index is 13.0. The molecule has 21 heavy (non-hydrogen) atoms. The lowest BCUT2D eigenvalue weighted by Gasteiger charge is -2.08. The zero-order chi connectivity index (χ0) is 15.2. The molecule has 0 atom stereocenters. The molecule has 0 aromatic heterocycles. The quantitative estimate of drug-likeness (QED) is 0.802. The number of aromatic carboxylic acids is 1. The first-order valence-corrected chi connectivity index (χ1v) is 6.84. The first kappa shape index (κ1) is 15.2. The molecule has 0 saturated heterocycles. The van der Waals surface area contributed by atoms with E-state index in [2.05, 4.69) is 5.32 Å². The number of aryl methyl sites for hydroxylation is 1. The second-order valence-electron chi connectivity index (χ2n) is 5.00. The first-order valence-electron chi connectivity index (χ1n) is 6.84. The van der Waals surface area contributed by atoms with E-state index in [-0.39, 0.29) is 5.82 Å². The second kappa shape index (κ2) is 6.99. The topological polar surface area (TPSA) is 49.3 Å². The van der Waals surface area contributed by atoms with Crippen molar-refractivity contribution in [2.75, 3.05) is 6.54 Å². The van der Waals surface area contributed by atoms with Gasteiger partial charge in [0, 0.05) is 6.54 Å². The smallest absolute Gasteiger partial charge is 0.335 e. The van der Waals surface area contributed by atoms with Gasteiger partial charge in [0.2, 0.25) is 0 Å². The molecule has 0 bridgehead atoms. The van der Waals surface area contributed by atoms with Crippen molar-refractivity contribution >= 4 is 5.97 Å². The van der Waals surface area contributed by atoms with Gasteiger partial charge >= 0.3 is 5.97 Å². The van der Waals surface area contributed by atoms with Crippen LogP contribution in [-0.4, -0.2) is 17.6 Å². The average molecular weight is 287 g/mol. The number of carbonyl (C=O) groups is 1. The highest BCUT2D eigenvalue weighted by atomic mass is 19.1. The normalized spacial score (nSPS) is 10.6. The number of benzene rings is 2. The third kappa shape index (κ3) is 4.39. The van der Waals surface area contributed by atoms with Gasteiger partial charge in [0.1, 0.15) is 5.82 Å². The Balaban J connectivity index is 1.84. The van der Waals surface area contributed by atoms with Crippen LogP contribution in [0.1, 0.15) is 27.0 Å². The molecule has 2 rings (SSSR count). The maximum Gasteiger partial charge on any atom is 0.335 e. The minimum absolute atomic E-state index is 0.213. The summed E-state index contributed by atoms with van der Waals surface area (Å²) >= 11 is 0. The molecule has 0 spiro atoms. The minimum atomic E-state index is -0.918. The van der Waals surface area contributed by atoms with Gasteiger partial charge in [-0.15, -0.1) is 0 Å². The van der Waals surface area contributed by atoms with E-state index in [0.29, 0.717) is 12.1 Å². The first-order chi connectivity index (χ1) is 10.1. The van der Waals surface area contributed by atoms with Crippen LogP contribution in [0, 0.1) is 12.7 Å². The van der Waals surface area contributed by atoms with Crippen molar-refractivity contribution in [2.24, 2.45) is 0 Å². The predicted molar refractivity (Wildman–Crippen MR) is 79.9 cm³/mol. The van der Waals surface area contributed by atoms with Gasteiger partial charge in [0.25, 0.3) is 0 Å². The molecule has 2 N–H and O–H groups in total. The van der Waals surface area contributed by atoms with Gasteiger partial charge in [-0.3, -0.25) is 0 Å². The Morgan fingerprint density at radius 1 is 1.24 bits per heavy atom. The molecule has 0 fully saturated rings. The van der Waals surface area contributed by atoms with Gasteiger partial charge in [-0.25, -0.2) is 9.18 Å². The number of carboxylic acid groups (broad SMARTS) is 1. The summed E-state index contributed by atoms with van der Waals surface area (Å²) in [7, 11) is 0. The summed E-state index contributed by atoms with van der Waals surface area (Å²) in [5.74, 6) is -1.13. The SMILES string of the molecule is Cc1cc(F)ccc1CCNCc1cccc(C(=O)O)c1. The summed E-state index contributed by atoms with van der Waals surface area (Å²) in [6.07, 6.45) is 0.810. The molecule has 0 radical (unpaired) electrons. The van der Waals surface area contributed by atoms with Gasteiger partial charge in [-0.1, -0.05) is 18.2 Å². The summed E-state index contributed by atoms with van der Waals surface area (Å²) in [6.45, 7) is 3.26. The Kier molecular flexibility index (Phi) is 5.06.